The Labute approximate surface area is 164 Å². The van der Waals surface area contributed by atoms with Crippen molar-refractivity contribution in [2.24, 2.45) is 0 Å². The minimum Gasteiger partial charge on any atom is -0.495 e. The predicted octanol–water partition coefficient (Wildman–Crippen LogP) is 3.80. The highest BCUT2D eigenvalue weighted by molar-refractivity contribution is 7.92. The number of carbonyl (C=O) groups excluding carboxylic acids is 1. The van der Waals surface area contributed by atoms with Gasteiger partial charge < -0.3 is 9.47 Å². The van der Waals surface area contributed by atoms with Crippen LogP contribution in [-0.4, -0.2) is 34.1 Å². The van der Waals surface area contributed by atoms with Crippen LogP contribution in [0.4, 0.5) is 5.69 Å². The molecule has 0 heterocycles. The van der Waals surface area contributed by atoms with Crippen LogP contribution in [0.5, 0.6) is 5.75 Å². The van der Waals surface area contributed by atoms with Crippen molar-refractivity contribution in [3.63, 3.8) is 0 Å². The first kappa shape index (κ1) is 21.1. The Kier molecular flexibility index (Phi) is 6.73. The highest BCUT2D eigenvalue weighted by Crippen LogP contribution is 2.34. The molecular formula is C19H22ClNO5S. The average molecular weight is 412 g/mol. The minimum atomic E-state index is -4.06. The smallest absolute Gasteiger partial charge is 0.327 e. The van der Waals surface area contributed by atoms with E-state index in [2.05, 4.69) is 0 Å². The molecule has 0 unspecified atom stereocenters. The van der Waals surface area contributed by atoms with Gasteiger partial charge in [0.25, 0.3) is 10.0 Å². The summed E-state index contributed by atoms with van der Waals surface area (Å²) in [5.74, 6) is -0.407. The lowest BCUT2D eigenvalue weighted by atomic mass is 10.2. The first-order chi connectivity index (χ1) is 12.6. The zero-order valence-electron chi connectivity index (χ0n) is 15.6. The second-order valence-electron chi connectivity index (χ2n) is 6.18. The number of carbonyl (C=O) groups is 1. The number of anilines is 1. The number of nitrogens with zero attached hydrogens (tertiary/aromatic N) is 1. The van der Waals surface area contributed by atoms with Gasteiger partial charge in [0, 0.05) is 5.02 Å². The topological polar surface area (TPSA) is 72.9 Å². The van der Waals surface area contributed by atoms with Crippen molar-refractivity contribution < 1.29 is 22.7 Å². The van der Waals surface area contributed by atoms with E-state index in [1.165, 1.54) is 25.3 Å². The van der Waals surface area contributed by atoms with Gasteiger partial charge in [-0.3, -0.25) is 9.10 Å². The van der Waals surface area contributed by atoms with E-state index in [1.807, 2.05) is 6.92 Å². The maximum atomic E-state index is 13.3. The Balaban J connectivity index is 2.58. The molecule has 0 atom stereocenters. The molecule has 0 saturated carbocycles. The van der Waals surface area contributed by atoms with Gasteiger partial charge in [0.05, 0.1) is 23.8 Å². The van der Waals surface area contributed by atoms with Crippen molar-refractivity contribution in [1.29, 1.82) is 0 Å². The number of sulfonamides is 1. The molecular weight excluding hydrogens is 390 g/mol. The predicted molar refractivity (Wildman–Crippen MR) is 105 cm³/mol. The van der Waals surface area contributed by atoms with E-state index in [1.54, 1.807) is 38.1 Å². The summed E-state index contributed by atoms with van der Waals surface area (Å²) in [6.45, 7) is 4.73. The summed E-state index contributed by atoms with van der Waals surface area (Å²) in [5.41, 5.74) is 1.08. The van der Waals surface area contributed by atoms with E-state index in [0.717, 1.165) is 9.87 Å². The third-order valence-electron chi connectivity index (χ3n) is 3.66. The molecule has 0 N–H and O–H groups in total. The summed E-state index contributed by atoms with van der Waals surface area (Å²) in [7, 11) is -2.64. The van der Waals surface area contributed by atoms with E-state index in [-0.39, 0.29) is 22.4 Å². The van der Waals surface area contributed by atoms with Crippen LogP contribution < -0.4 is 9.04 Å². The SMILES string of the molecule is COc1ccc(Cl)cc1N(CC(=O)OC(C)C)S(=O)(=O)c1ccc(C)cc1. The van der Waals surface area contributed by atoms with Gasteiger partial charge in [-0.2, -0.15) is 0 Å². The number of aryl methyl sites for hydroxylation is 1. The van der Waals surface area contributed by atoms with Crippen LogP contribution in [0, 0.1) is 6.92 Å². The summed E-state index contributed by atoms with van der Waals surface area (Å²) < 4.78 is 37.9. The lowest BCUT2D eigenvalue weighted by molar-refractivity contribution is -0.145. The second kappa shape index (κ2) is 8.63. The number of esters is 1. The molecule has 0 bridgehead atoms. The van der Waals surface area contributed by atoms with Crippen molar-refractivity contribution in [1.82, 2.24) is 0 Å². The molecule has 0 fully saturated rings. The molecule has 0 radical (unpaired) electrons. The largest absolute Gasteiger partial charge is 0.495 e. The fourth-order valence-electron chi connectivity index (χ4n) is 2.41. The number of methoxy groups -OCH3 is 1. The van der Waals surface area contributed by atoms with E-state index in [0.29, 0.717) is 5.02 Å². The Morgan fingerprint density at radius 1 is 1.15 bits per heavy atom. The Bertz CT molecular complexity index is 910. The zero-order valence-corrected chi connectivity index (χ0v) is 17.2. The van der Waals surface area contributed by atoms with Crippen molar-refractivity contribution in [3.05, 3.63) is 53.1 Å². The fourth-order valence-corrected chi connectivity index (χ4v) is 3.99. The number of halogens is 1. The standard InChI is InChI=1S/C19H22ClNO5S/c1-13(2)26-19(22)12-21(17-11-15(20)7-10-18(17)25-4)27(23,24)16-8-5-14(3)6-9-16/h5-11,13H,12H2,1-4H3. The van der Waals surface area contributed by atoms with E-state index >= 15 is 0 Å². The highest BCUT2D eigenvalue weighted by Gasteiger charge is 2.30. The Hall–Kier alpha value is -2.25. The molecule has 8 heteroatoms. The van der Waals surface area contributed by atoms with Crippen LogP contribution in [0.2, 0.25) is 5.02 Å². The molecule has 0 spiro atoms. The number of rotatable bonds is 7. The number of hydrogen-bond donors (Lipinski definition) is 0. The molecule has 0 aliphatic carbocycles. The quantitative estimate of drug-likeness (QED) is 0.648. The third kappa shape index (κ3) is 5.14. The maximum Gasteiger partial charge on any atom is 0.327 e. The van der Waals surface area contributed by atoms with Crippen molar-refractivity contribution in [2.45, 2.75) is 31.8 Å². The molecule has 0 aromatic heterocycles. The van der Waals surface area contributed by atoms with Gasteiger partial charge in [-0.05, 0) is 51.1 Å². The summed E-state index contributed by atoms with van der Waals surface area (Å²) in [6, 6.07) is 10.9. The molecule has 2 aromatic rings. The third-order valence-corrected chi connectivity index (χ3v) is 5.67. The molecule has 0 saturated heterocycles. The molecule has 0 aliphatic rings. The number of ether oxygens (including phenoxy) is 2. The van der Waals surface area contributed by atoms with E-state index in [9.17, 15) is 13.2 Å². The second-order valence-corrected chi connectivity index (χ2v) is 8.48. The molecule has 146 valence electrons. The molecule has 0 amide bonds. The zero-order chi connectivity index (χ0) is 20.2. The fraction of sp³-hybridized carbons (Fsp3) is 0.316. The molecule has 2 aromatic carbocycles. The highest BCUT2D eigenvalue weighted by atomic mass is 35.5. The van der Waals surface area contributed by atoms with Gasteiger partial charge in [0.1, 0.15) is 12.3 Å². The molecule has 0 aliphatic heterocycles. The van der Waals surface area contributed by atoms with Gasteiger partial charge in [-0.25, -0.2) is 8.42 Å². The van der Waals surface area contributed by atoms with Crippen molar-refractivity contribution >= 4 is 33.3 Å². The number of hydrogen-bond acceptors (Lipinski definition) is 5. The van der Waals surface area contributed by atoms with Gasteiger partial charge in [0.15, 0.2) is 0 Å². The minimum absolute atomic E-state index is 0.0486. The average Bonchev–Trinajstić information content (AvgIpc) is 2.59. The van der Waals surface area contributed by atoms with E-state index < -0.39 is 22.5 Å². The molecule has 27 heavy (non-hydrogen) atoms. The van der Waals surface area contributed by atoms with Crippen LogP contribution in [0.25, 0.3) is 0 Å². The first-order valence-electron chi connectivity index (χ1n) is 8.27. The Morgan fingerprint density at radius 2 is 1.78 bits per heavy atom. The lowest BCUT2D eigenvalue weighted by Crippen LogP contribution is -2.37. The van der Waals surface area contributed by atoms with E-state index in [4.69, 9.17) is 21.1 Å². The van der Waals surface area contributed by atoms with Gasteiger partial charge in [-0.15, -0.1) is 0 Å². The summed E-state index contributed by atoms with van der Waals surface area (Å²) >= 11 is 6.06. The molecule has 6 nitrogen and oxygen atoms in total. The van der Waals surface area contributed by atoms with Crippen LogP contribution in [0.15, 0.2) is 47.4 Å². The van der Waals surface area contributed by atoms with Gasteiger partial charge in [0.2, 0.25) is 0 Å². The van der Waals surface area contributed by atoms with Crippen LogP contribution in [0.1, 0.15) is 19.4 Å². The van der Waals surface area contributed by atoms with Gasteiger partial charge >= 0.3 is 5.97 Å². The summed E-state index contributed by atoms with van der Waals surface area (Å²) in [4.78, 5) is 12.3. The normalized spacial score (nSPS) is 11.3. The van der Waals surface area contributed by atoms with Crippen LogP contribution in [0.3, 0.4) is 0 Å². The Morgan fingerprint density at radius 3 is 2.33 bits per heavy atom. The summed E-state index contributed by atoms with van der Waals surface area (Å²) in [5, 5.41) is 0.312. The van der Waals surface area contributed by atoms with Crippen LogP contribution >= 0.6 is 11.6 Å². The first-order valence-corrected chi connectivity index (χ1v) is 10.1. The number of benzene rings is 2. The van der Waals surface area contributed by atoms with Gasteiger partial charge in [-0.1, -0.05) is 29.3 Å². The van der Waals surface area contributed by atoms with Crippen molar-refractivity contribution in [3.8, 4) is 5.75 Å². The van der Waals surface area contributed by atoms with Crippen molar-refractivity contribution in [2.75, 3.05) is 18.0 Å². The molecule has 2 rings (SSSR count). The summed E-state index contributed by atoms with van der Waals surface area (Å²) in [6.07, 6.45) is -0.373. The monoisotopic (exact) mass is 411 g/mol. The van der Waals surface area contributed by atoms with Crippen LogP contribution in [-0.2, 0) is 19.6 Å². The lowest BCUT2D eigenvalue weighted by Gasteiger charge is -2.26. The maximum absolute atomic E-state index is 13.3.